The lowest BCUT2D eigenvalue weighted by atomic mass is 10.1. The highest BCUT2D eigenvalue weighted by atomic mass is 32.2. The standard InChI is InChI=1S/C20H19N3O5S3/c24-16-11-13(23(27)28)7-8-15(16)21-18(25)6-2-1-3-9-22-19(26)17(31-20(22)29)12-14-5-4-10-30-14/h4-5,7-8,10-12,24H,1-3,6,9H2,(H,21,25)/b17-12+. The van der Waals surface area contributed by atoms with Crippen LogP contribution in [-0.4, -0.2) is 37.6 Å². The van der Waals surface area contributed by atoms with E-state index in [-0.39, 0.29) is 35.4 Å². The van der Waals surface area contributed by atoms with Gasteiger partial charge >= 0.3 is 0 Å². The molecule has 2 aromatic rings. The summed E-state index contributed by atoms with van der Waals surface area (Å²) in [6.45, 7) is 0.497. The van der Waals surface area contributed by atoms with Crippen LogP contribution >= 0.6 is 35.3 Å². The number of thiophene rings is 1. The van der Waals surface area contributed by atoms with E-state index in [0.717, 1.165) is 17.4 Å². The largest absolute Gasteiger partial charge is 0.506 e. The van der Waals surface area contributed by atoms with Crippen LogP contribution in [0.4, 0.5) is 11.4 Å². The number of anilines is 1. The molecule has 2 amide bonds. The molecule has 0 radical (unpaired) electrons. The van der Waals surface area contributed by atoms with Crippen molar-refractivity contribution in [2.75, 3.05) is 11.9 Å². The summed E-state index contributed by atoms with van der Waals surface area (Å²) in [5, 5.41) is 25.0. The highest BCUT2D eigenvalue weighted by molar-refractivity contribution is 8.26. The zero-order chi connectivity index (χ0) is 22.4. The Morgan fingerprint density at radius 2 is 2.10 bits per heavy atom. The number of nitro groups is 1. The Hall–Kier alpha value is -2.76. The number of hydrogen-bond donors (Lipinski definition) is 2. The van der Waals surface area contributed by atoms with Gasteiger partial charge in [0, 0.05) is 23.9 Å². The molecule has 2 heterocycles. The van der Waals surface area contributed by atoms with Crippen molar-refractivity contribution in [3.8, 4) is 5.75 Å². The molecule has 11 heteroatoms. The molecule has 1 saturated heterocycles. The average Bonchev–Trinajstić information content (AvgIpc) is 3.32. The predicted molar refractivity (Wildman–Crippen MR) is 126 cm³/mol. The molecule has 0 atom stereocenters. The molecule has 162 valence electrons. The van der Waals surface area contributed by atoms with Crippen LogP contribution in [0.2, 0.25) is 0 Å². The van der Waals surface area contributed by atoms with Crippen molar-refractivity contribution in [1.29, 1.82) is 0 Å². The van der Waals surface area contributed by atoms with E-state index >= 15 is 0 Å². The molecule has 0 aliphatic carbocycles. The maximum absolute atomic E-state index is 12.5. The van der Waals surface area contributed by atoms with Crippen molar-refractivity contribution in [3.63, 3.8) is 0 Å². The number of rotatable bonds is 9. The van der Waals surface area contributed by atoms with Gasteiger partial charge < -0.3 is 10.4 Å². The van der Waals surface area contributed by atoms with Crippen molar-refractivity contribution < 1.29 is 19.6 Å². The Morgan fingerprint density at radius 3 is 2.77 bits per heavy atom. The summed E-state index contributed by atoms with van der Waals surface area (Å²) >= 11 is 8.18. The minimum Gasteiger partial charge on any atom is -0.506 e. The van der Waals surface area contributed by atoms with E-state index in [2.05, 4.69) is 5.32 Å². The molecular weight excluding hydrogens is 458 g/mol. The summed E-state index contributed by atoms with van der Waals surface area (Å²) in [5.41, 5.74) is -0.123. The lowest BCUT2D eigenvalue weighted by Gasteiger charge is -2.14. The van der Waals surface area contributed by atoms with Gasteiger partial charge in [-0.05, 0) is 36.4 Å². The molecule has 8 nitrogen and oxygen atoms in total. The summed E-state index contributed by atoms with van der Waals surface area (Å²) in [6, 6.07) is 7.37. The van der Waals surface area contributed by atoms with Gasteiger partial charge in [-0.2, -0.15) is 0 Å². The van der Waals surface area contributed by atoms with Gasteiger partial charge in [-0.25, -0.2) is 0 Å². The second kappa shape index (κ2) is 10.5. The molecule has 1 fully saturated rings. The van der Waals surface area contributed by atoms with Gasteiger partial charge in [0.1, 0.15) is 10.1 Å². The summed E-state index contributed by atoms with van der Waals surface area (Å²) < 4.78 is 0.541. The van der Waals surface area contributed by atoms with Crippen LogP contribution in [0, 0.1) is 10.1 Å². The SMILES string of the molecule is O=C(CCCCCN1C(=O)/C(=C\c2cccs2)SC1=S)Nc1ccc([N+](=O)[O-])cc1O. The number of nitro benzene ring substituents is 1. The number of carbonyl (C=O) groups is 2. The van der Waals surface area contributed by atoms with Crippen LogP contribution < -0.4 is 5.32 Å². The highest BCUT2D eigenvalue weighted by Crippen LogP contribution is 2.33. The van der Waals surface area contributed by atoms with E-state index in [4.69, 9.17) is 12.2 Å². The van der Waals surface area contributed by atoms with E-state index in [1.807, 2.05) is 23.6 Å². The number of nitrogens with one attached hydrogen (secondary N) is 1. The van der Waals surface area contributed by atoms with E-state index in [1.165, 1.54) is 23.9 Å². The Balaban J connectivity index is 1.40. The third-order valence-electron chi connectivity index (χ3n) is 4.44. The predicted octanol–water partition coefficient (Wildman–Crippen LogP) is 4.76. The third-order valence-corrected chi connectivity index (χ3v) is 6.64. The van der Waals surface area contributed by atoms with Gasteiger partial charge in [0.2, 0.25) is 5.91 Å². The lowest BCUT2D eigenvalue weighted by molar-refractivity contribution is -0.384. The number of hydrogen-bond acceptors (Lipinski definition) is 8. The molecule has 31 heavy (non-hydrogen) atoms. The first-order valence-electron chi connectivity index (χ1n) is 9.41. The van der Waals surface area contributed by atoms with Crippen molar-refractivity contribution in [2.24, 2.45) is 0 Å². The number of benzene rings is 1. The zero-order valence-corrected chi connectivity index (χ0v) is 18.7. The van der Waals surface area contributed by atoms with E-state index in [1.54, 1.807) is 16.2 Å². The molecular formula is C20H19N3O5S3. The number of amides is 2. The molecule has 2 N–H and O–H groups in total. The average molecular weight is 478 g/mol. The molecule has 1 aliphatic rings. The quantitative estimate of drug-likeness (QED) is 0.134. The Kier molecular flexibility index (Phi) is 7.77. The second-order valence-electron chi connectivity index (χ2n) is 6.67. The monoisotopic (exact) mass is 477 g/mol. The number of phenolic OH excluding ortho intramolecular Hbond substituents is 1. The van der Waals surface area contributed by atoms with Gasteiger partial charge in [-0.15, -0.1) is 11.3 Å². The topological polar surface area (TPSA) is 113 Å². The van der Waals surface area contributed by atoms with Crippen molar-refractivity contribution in [3.05, 3.63) is 55.6 Å². The van der Waals surface area contributed by atoms with Crippen molar-refractivity contribution in [1.82, 2.24) is 4.90 Å². The molecule has 3 rings (SSSR count). The van der Waals surface area contributed by atoms with Crippen LogP contribution in [0.5, 0.6) is 5.75 Å². The maximum atomic E-state index is 12.5. The summed E-state index contributed by atoms with van der Waals surface area (Å²) in [4.78, 5) is 37.9. The molecule has 0 spiro atoms. The molecule has 1 aliphatic heterocycles. The first-order valence-corrected chi connectivity index (χ1v) is 11.5. The minimum absolute atomic E-state index is 0.0882. The fraction of sp³-hybridized carbons (Fsp3) is 0.250. The number of unbranched alkanes of at least 4 members (excludes halogenated alkanes) is 2. The Morgan fingerprint density at radius 1 is 1.29 bits per heavy atom. The Bertz CT molecular complexity index is 1040. The van der Waals surface area contributed by atoms with Crippen LogP contribution in [0.25, 0.3) is 6.08 Å². The van der Waals surface area contributed by atoms with Crippen LogP contribution in [-0.2, 0) is 9.59 Å². The summed E-state index contributed by atoms with van der Waals surface area (Å²) in [5.74, 6) is -0.740. The fourth-order valence-corrected chi connectivity index (χ4v) is 4.91. The van der Waals surface area contributed by atoms with Crippen molar-refractivity contribution in [2.45, 2.75) is 25.7 Å². The molecule has 1 aromatic carbocycles. The number of phenols is 1. The number of thioether (sulfide) groups is 1. The number of non-ortho nitro benzene ring substituents is 1. The highest BCUT2D eigenvalue weighted by Gasteiger charge is 2.31. The maximum Gasteiger partial charge on any atom is 0.273 e. The lowest BCUT2D eigenvalue weighted by Crippen LogP contribution is -2.29. The summed E-state index contributed by atoms with van der Waals surface area (Å²) in [7, 11) is 0. The van der Waals surface area contributed by atoms with Crippen LogP contribution in [0.1, 0.15) is 30.6 Å². The zero-order valence-electron chi connectivity index (χ0n) is 16.3. The second-order valence-corrected chi connectivity index (χ2v) is 9.32. The smallest absolute Gasteiger partial charge is 0.273 e. The number of nitrogens with zero attached hydrogens (tertiary/aromatic N) is 2. The molecule has 1 aromatic heterocycles. The van der Waals surface area contributed by atoms with E-state index in [9.17, 15) is 24.8 Å². The molecule has 0 unspecified atom stereocenters. The van der Waals surface area contributed by atoms with Gasteiger partial charge in [-0.1, -0.05) is 36.5 Å². The van der Waals surface area contributed by atoms with Gasteiger partial charge in [0.15, 0.2) is 0 Å². The molecule has 0 saturated carbocycles. The van der Waals surface area contributed by atoms with Gasteiger partial charge in [0.05, 0.1) is 21.6 Å². The van der Waals surface area contributed by atoms with Gasteiger partial charge in [0.25, 0.3) is 11.6 Å². The number of thiocarbonyl (C=S) groups is 1. The summed E-state index contributed by atoms with van der Waals surface area (Å²) in [6.07, 6.45) is 4.10. The minimum atomic E-state index is -0.623. The molecule has 0 bridgehead atoms. The Labute approximate surface area is 192 Å². The van der Waals surface area contributed by atoms with Crippen LogP contribution in [0.3, 0.4) is 0 Å². The first kappa shape index (κ1) is 22.9. The van der Waals surface area contributed by atoms with E-state index < -0.39 is 4.92 Å². The number of aromatic hydroxyl groups is 1. The van der Waals surface area contributed by atoms with Crippen molar-refractivity contribution >= 4 is 68.9 Å². The first-order chi connectivity index (χ1) is 14.8. The van der Waals surface area contributed by atoms with Gasteiger partial charge in [-0.3, -0.25) is 24.6 Å². The van der Waals surface area contributed by atoms with Crippen LogP contribution in [0.15, 0.2) is 40.6 Å². The fourth-order valence-electron chi connectivity index (χ4n) is 2.88. The third kappa shape index (κ3) is 6.12. The normalized spacial score (nSPS) is 15.0. The van der Waals surface area contributed by atoms with E-state index in [0.29, 0.717) is 28.6 Å². The number of carbonyl (C=O) groups excluding carboxylic acids is 2.